The van der Waals surface area contributed by atoms with E-state index in [1.54, 1.807) is 17.5 Å². The fraction of sp³-hybridized carbons (Fsp3) is 0.0476. The second-order valence-corrected chi connectivity index (χ2v) is 8.12. The van der Waals surface area contributed by atoms with Crippen LogP contribution in [-0.4, -0.2) is 11.8 Å². The van der Waals surface area contributed by atoms with Gasteiger partial charge in [0.2, 0.25) is 0 Å². The third-order valence-electron chi connectivity index (χ3n) is 4.22. The Kier molecular flexibility index (Phi) is 5.06. The molecule has 0 saturated carbocycles. The average molecular weight is 431 g/mol. The van der Waals surface area contributed by atoms with Crippen LogP contribution in [0.2, 0.25) is 0 Å². The quantitative estimate of drug-likeness (QED) is 0.487. The maximum absolute atomic E-state index is 13.1. The molecule has 1 aromatic heterocycles. The Morgan fingerprint density at radius 3 is 2.10 bits per heavy atom. The van der Waals surface area contributed by atoms with E-state index in [1.807, 2.05) is 30.3 Å². The number of rotatable bonds is 4. The minimum absolute atomic E-state index is 0.103. The molecule has 0 fully saturated rings. The highest BCUT2D eigenvalue weighted by Gasteiger charge is 2.41. The SMILES string of the molecule is O=C1C(Sc2ccccc2)=C(c2cccs2)C(=O)N1c1ccc(C(F)(F)F)cc1. The van der Waals surface area contributed by atoms with Gasteiger partial charge in [-0.2, -0.15) is 13.2 Å². The molecule has 1 aliphatic rings. The van der Waals surface area contributed by atoms with Gasteiger partial charge in [0.05, 0.1) is 21.7 Å². The van der Waals surface area contributed by atoms with Crippen LogP contribution in [0.1, 0.15) is 10.4 Å². The molecule has 0 atom stereocenters. The highest BCUT2D eigenvalue weighted by molar-refractivity contribution is 8.04. The molecule has 8 heteroatoms. The van der Waals surface area contributed by atoms with Gasteiger partial charge in [-0.05, 0) is 47.8 Å². The van der Waals surface area contributed by atoms with Crippen molar-refractivity contribution in [2.75, 3.05) is 4.90 Å². The van der Waals surface area contributed by atoms with Gasteiger partial charge >= 0.3 is 6.18 Å². The number of thiophene rings is 1. The van der Waals surface area contributed by atoms with Crippen LogP contribution in [0.25, 0.3) is 5.57 Å². The number of amides is 2. The summed E-state index contributed by atoms with van der Waals surface area (Å²) in [6.07, 6.45) is -4.49. The number of carbonyl (C=O) groups excluding carboxylic acids is 2. The number of hydrogen-bond acceptors (Lipinski definition) is 4. The first kappa shape index (κ1) is 19.5. The zero-order chi connectivity index (χ0) is 20.6. The van der Waals surface area contributed by atoms with E-state index in [0.29, 0.717) is 4.88 Å². The van der Waals surface area contributed by atoms with Gasteiger partial charge in [-0.15, -0.1) is 11.3 Å². The molecule has 0 unspecified atom stereocenters. The van der Waals surface area contributed by atoms with E-state index in [9.17, 15) is 22.8 Å². The third-order valence-corrected chi connectivity index (χ3v) is 6.20. The molecule has 146 valence electrons. The lowest BCUT2D eigenvalue weighted by molar-refractivity contribution is -0.137. The molecule has 0 spiro atoms. The lowest BCUT2D eigenvalue weighted by Crippen LogP contribution is -2.31. The van der Waals surface area contributed by atoms with Gasteiger partial charge in [0, 0.05) is 9.77 Å². The Bertz CT molecular complexity index is 1090. The Morgan fingerprint density at radius 2 is 1.52 bits per heavy atom. The van der Waals surface area contributed by atoms with Crippen LogP contribution >= 0.6 is 23.1 Å². The molecule has 2 amide bonds. The Labute approximate surface area is 172 Å². The molecule has 3 nitrogen and oxygen atoms in total. The van der Waals surface area contributed by atoms with Crippen molar-refractivity contribution in [2.24, 2.45) is 0 Å². The second kappa shape index (κ2) is 7.53. The van der Waals surface area contributed by atoms with Crippen LogP contribution in [0, 0.1) is 0 Å². The standard InChI is InChI=1S/C21H12F3NO2S2/c22-21(23,24)13-8-10-14(11-9-13)25-19(26)17(16-7-4-12-28-16)18(20(25)27)29-15-5-2-1-3-6-15/h1-12H. The Balaban J connectivity index is 1.74. The van der Waals surface area contributed by atoms with Crippen molar-refractivity contribution in [2.45, 2.75) is 11.1 Å². The molecule has 29 heavy (non-hydrogen) atoms. The minimum Gasteiger partial charge on any atom is -0.268 e. The van der Waals surface area contributed by atoms with Crippen molar-refractivity contribution < 1.29 is 22.8 Å². The third kappa shape index (κ3) is 3.73. The van der Waals surface area contributed by atoms with E-state index >= 15 is 0 Å². The lowest BCUT2D eigenvalue weighted by atomic mass is 10.2. The summed E-state index contributed by atoms with van der Waals surface area (Å²) in [6.45, 7) is 0. The summed E-state index contributed by atoms with van der Waals surface area (Å²) >= 11 is 2.49. The molecule has 3 aromatic rings. The fourth-order valence-electron chi connectivity index (χ4n) is 2.88. The Morgan fingerprint density at radius 1 is 0.828 bits per heavy atom. The van der Waals surface area contributed by atoms with Gasteiger partial charge in [-0.1, -0.05) is 36.0 Å². The normalized spacial score (nSPS) is 14.8. The van der Waals surface area contributed by atoms with E-state index in [1.165, 1.54) is 23.1 Å². The molecule has 0 aliphatic carbocycles. The summed E-state index contributed by atoms with van der Waals surface area (Å²) in [5.41, 5.74) is -0.477. The largest absolute Gasteiger partial charge is 0.416 e. The summed E-state index contributed by atoms with van der Waals surface area (Å²) < 4.78 is 38.5. The van der Waals surface area contributed by atoms with E-state index < -0.39 is 23.6 Å². The van der Waals surface area contributed by atoms with Gasteiger partial charge in [-0.3, -0.25) is 9.59 Å². The zero-order valence-corrected chi connectivity index (χ0v) is 16.3. The number of carbonyl (C=O) groups is 2. The first-order valence-corrected chi connectivity index (χ1v) is 10.1. The molecule has 0 radical (unpaired) electrons. The van der Waals surface area contributed by atoms with Crippen molar-refractivity contribution in [3.8, 4) is 0 Å². The van der Waals surface area contributed by atoms with Crippen molar-refractivity contribution in [3.63, 3.8) is 0 Å². The summed E-state index contributed by atoms with van der Waals surface area (Å²) in [6, 6.07) is 16.7. The molecule has 0 bridgehead atoms. The van der Waals surface area contributed by atoms with Crippen LogP contribution in [0.15, 0.2) is 81.9 Å². The summed E-state index contributed by atoms with van der Waals surface area (Å²) in [5.74, 6) is -1.09. The maximum atomic E-state index is 13.1. The van der Waals surface area contributed by atoms with Crippen LogP contribution in [-0.2, 0) is 15.8 Å². The summed E-state index contributed by atoms with van der Waals surface area (Å²) in [4.78, 5) is 28.8. The smallest absolute Gasteiger partial charge is 0.268 e. The minimum atomic E-state index is -4.49. The molecular formula is C21H12F3NO2S2. The van der Waals surface area contributed by atoms with E-state index in [-0.39, 0.29) is 16.2 Å². The number of imide groups is 1. The second-order valence-electron chi connectivity index (χ2n) is 6.09. The fourth-order valence-corrected chi connectivity index (χ4v) is 4.72. The zero-order valence-electron chi connectivity index (χ0n) is 14.6. The van der Waals surface area contributed by atoms with Gasteiger partial charge in [0.25, 0.3) is 11.8 Å². The molecule has 0 N–H and O–H groups in total. The first-order chi connectivity index (χ1) is 13.9. The van der Waals surface area contributed by atoms with Crippen molar-refractivity contribution in [1.29, 1.82) is 0 Å². The van der Waals surface area contributed by atoms with Gasteiger partial charge in [-0.25, -0.2) is 4.90 Å². The number of nitrogens with zero attached hydrogens (tertiary/aromatic N) is 1. The monoisotopic (exact) mass is 431 g/mol. The van der Waals surface area contributed by atoms with E-state index in [0.717, 1.165) is 34.1 Å². The molecular weight excluding hydrogens is 419 g/mol. The number of alkyl halides is 3. The first-order valence-electron chi connectivity index (χ1n) is 8.43. The number of thioether (sulfide) groups is 1. The molecule has 0 saturated heterocycles. The molecule has 1 aliphatic heterocycles. The Hall–Kier alpha value is -2.84. The van der Waals surface area contributed by atoms with Gasteiger partial charge < -0.3 is 0 Å². The summed E-state index contributed by atoms with van der Waals surface area (Å²) in [7, 11) is 0. The highest BCUT2D eigenvalue weighted by atomic mass is 32.2. The molecule has 4 rings (SSSR count). The van der Waals surface area contributed by atoms with Crippen molar-refractivity contribution in [3.05, 3.63) is 87.5 Å². The van der Waals surface area contributed by atoms with Gasteiger partial charge in [0.1, 0.15) is 0 Å². The van der Waals surface area contributed by atoms with Crippen molar-refractivity contribution in [1.82, 2.24) is 0 Å². The average Bonchev–Trinajstić information content (AvgIpc) is 3.29. The summed E-state index contributed by atoms with van der Waals surface area (Å²) in [5, 5.41) is 1.80. The lowest BCUT2D eigenvalue weighted by Gasteiger charge is -2.16. The predicted octanol–water partition coefficient (Wildman–Crippen LogP) is 5.84. The number of halogens is 3. The van der Waals surface area contributed by atoms with Crippen LogP contribution in [0.5, 0.6) is 0 Å². The van der Waals surface area contributed by atoms with Crippen molar-refractivity contribution >= 4 is 46.2 Å². The molecule has 2 aromatic carbocycles. The highest BCUT2D eigenvalue weighted by Crippen LogP contribution is 2.42. The van der Waals surface area contributed by atoms with Crippen LogP contribution < -0.4 is 4.90 Å². The number of benzene rings is 2. The number of hydrogen-bond donors (Lipinski definition) is 0. The van der Waals surface area contributed by atoms with Gasteiger partial charge in [0.15, 0.2) is 0 Å². The molecule has 2 heterocycles. The van der Waals surface area contributed by atoms with Crippen LogP contribution in [0.4, 0.5) is 18.9 Å². The van der Waals surface area contributed by atoms with E-state index in [2.05, 4.69) is 0 Å². The maximum Gasteiger partial charge on any atom is 0.416 e. The van der Waals surface area contributed by atoms with Crippen LogP contribution in [0.3, 0.4) is 0 Å². The topological polar surface area (TPSA) is 37.4 Å². The predicted molar refractivity (Wildman–Crippen MR) is 107 cm³/mol. The van der Waals surface area contributed by atoms with E-state index in [4.69, 9.17) is 0 Å². The number of anilines is 1.